The van der Waals surface area contributed by atoms with E-state index in [-0.39, 0.29) is 18.1 Å². The molecule has 0 saturated carbocycles. The van der Waals surface area contributed by atoms with Gasteiger partial charge in [-0.1, -0.05) is 6.92 Å². The van der Waals surface area contributed by atoms with E-state index in [1.54, 1.807) is 17.1 Å². The van der Waals surface area contributed by atoms with E-state index in [2.05, 4.69) is 22.3 Å². The zero-order valence-electron chi connectivity index (χ0n) is 14.1. The van der Waals surface area contributed by atoms with Crippen LogP contribution in [-0.4, -0.2) is 43.7 Å². The van der Waals surface area contributed by atoms with Gasteiger partial charge in [-0.2, -0.15) is 16.9 Å². The minimum Gasteiger partial charge on any atom is -0.331 e. The number of thioether (sulfide) groups is 1. The van der Waals surface area contributed by atoms with E-state index >= 15 is 0 Å². The lowest BCUT2D eigenvalue weighted by Crippen LogP contribution is -2.47. The zero-order chi connectivity index (χ0) is 16.9. The van der Waals surface area contributed by atoms with Gasteiger partial charge in [-0.25, -0.2) is 4.79 Å². The van der Waals surface area contributed by atoms with E-state index in [9.17, 15) is 4.79 Å². The third-order valence-corrected chi connectivity index (χ3v) is 5.34. The Labute approximate surface area is 146 Å². The van der Waals surface area contributed by atoms with Crippen molar-refractivity contribution in [2.75, 3.05) is 18.1 Å². The second-order valence-corrected chi connectivity index (χ2v) is 7.07. The average Bonchev–Trinajstić information content (AvgIpc) is 3.06. The van der Waals surface area contributed by atoms with Crippen molar-refractivity contribution >= 4 is 17.8 Å². The predicted molar refractivity (Wildman–Crippen MR) is 95.8 cm³/mol. The molecule has 1 aliphatic rings. The normalized spacial score (nSPS) is 19.1. The van der Waals surface area contributed by atoms with Crippen molar-refractivity contribution in [3.63, 3.8) is 0 Å². The molecule has 1 fully saturated rings. The van der Waals surface area contributed by atoms with Crippen molar-refractivity contribution in [1.82, 2.24) is 25.0 Å². The zero-order valence-corrected chi connectivity index (χ0v) is 14.9. The summed E-state index contributed by atoms with van der Waals surface area (Å²) >= 11 is 1.88. The van der Waals surface area contributed by atoms with Crippen LogP contribution in [0.2, 0.25) is 0 Å². The average molecular weight is 345 g/mol. The van der Waals surface area contributed by atoms with Gasteiger partial charge in [0, 0.05) is 49.3 Å². The highest BCUT2D eigenvalue weighted by Gasteiger charge is 2.30. The van der Waals surface area contributed by atoms with Gasteiger partial charge in [-0.05, 0) is 24.1 Å². The van der Waals surface area contributed by atoms with Crippen LogP contribution in [0, 0.1) is 0 Å². The van der Waals surface area contributed by atoms with Gasteiger partial charge in [0.05, 0.1) is 18.3 Å². The standard InChI is InChI=1S/C17H23N5OS/c1-3-15(13-4-6-18-7-5-13)20-17(23)22-8-9-24-12-16(22)14-10-19-21(2)11-14/h4-7,10-11,15-16H,3,8-9,12H2,1-2H3,(H,20,23)/t15-,16+/m1/s1. The third-order valence-electron chi connectivity index (χ3n) is 4.31. The molecule has 2 aromatic rings. The van der Waals surface area contributed by atoms with E-state index in [0.29, 0.717) is 0 Å². The van der Waals surface area contributed by atoms with Gasteiger partial charge in [0.2, 0.25) is 0 Å². The smallest absolute Gasteiger partial charge is 0.318 e. The van der Waals surface area contributed by atoms with Crippen LogP contribution in [0.15, 0.2) is 36.9 Å². The van der Waals surface area contributed by atoms with E-state index in [1.807, 2.05) is 48.2 Å². The van der Waals surface area contributed by atoms with Gasteiger partial charge < -0.3 is 10.2 Å². The van der Waals surface area contributed by atoms with Crippen molar-refractivity contribution in [3.8, 4) is 0 Å². The van der Waals surface area contributed by atoms with Crippen LogP contribution < -0.4 is 5.32 Å². The maximum atomic E-state index is 12.9. The van der Waals surface area contributed by atoms with E-state index in [1.165, 1.54) is 0 Å². The number of hydrogen-bond donors (Lipinski definition) is 1. The Bertz CT molecular complexity index is 675. The summed E-state index contributed by atoms with van der Waals surface area (Å²) < 4.78 is 1.79. The Morgan fingerprint density at radius 1 is 1.46 bits per heavy atom. The lowest BCUT2D eigenvalue weighted by Gasteiger charge is -2.36. The lowest BCUT2D eigenvalue weighted by atomic mass is 10.1. The molecule has 0 aliphatic carbocycles. The molecule has 3 heterocycles. The lowest BCUT2D eigenvalue weighted by molar-refractivity contribution is 0.178. The predicted octanol–water partition coefficient (Wildman–Crippen LogP) is 2.77. The summed E-state index contributed by atoms with van der Waals surface area (Å²) in [6, 6.07) is 3.99. The van der Waals surface area contributed by atoms with E-state index < -0.39 is 0 Å². The fourth-order valence-corrected chi connectivity index (χ4v) is 4.07. The quantitative estimate of drug-likeness (QED) is 0.925. The second-order valence-electron chi connectivity index (χ2n) is 5.92. The molecule has 2 aromatic heterocycles. The summed E-state index contributed by atoms with van der Waals surface area (Å²) in [4.78, 5) is 18.9. The number of amides is 2. The van der Waals surface area contributed by atoms with Crippen LogP contribution in [0.5, 0.6) is 0 Å². The van der Waals surface area contributed by atoms with Crippen molar-refractivity contribution in [2.45, 2.75) is 25.4 Å². The maximum Gasteiger partial charge on any atom is 0.318 e. The fourth-order valence-electron chi connectivity index (χ4n) is 2.98. The highest BCUT2D eigenvalue weighted by atomic mass is 32.2. The molecule has 7 heteroatoms. The first-order chi connectivity index (χ1) is 11.7. The highest BCUT2D eigenvalue weighted by molar-refractivity contribution is 7.99. The van der Waals surface area contributed by atoms with E-state index in [4.69, 9.17) is 0 Å². The number of rotatable bonds is 4. The third kappa shape index (κ3) is 3.72. The Morgan fingerprint density at radius 3 is 2.92 bits per heavy atom. The molecule has 128 valence electrons. The van der Waals surface area contributed by atoms with Crippen molar-refractivity contribution in [1.29, 1.82) is 0 Å². The molecule has 0 aromatic carbocycles. The van der Waals surface area contributed by atoms with Crippen LogP contribution in [0.25, 0.3) is 0 Å². The highest BCUT2D eigenvalue weighted by Crippen LogP contribution is 2.30. The van der Waals surface area contributed by atoms with Crippen molar-refractivity contribution in [3.05, 3.63) is 48.0 Å². The summed E-state index contributed by atoms with van der Waals surface area (Å²) in [5, 5.41) is 7.43. The molecule has 1 saturated heterocycles. The molecule has 3 rings (SSSR count). The van der Waals surface area contributed by atoms with Gasteiger partial charge in [0.15, 0.2) is 0 Å². The number of nitrogens with zero attached hydrogens (tertiary/aromatic N) is 4. The van der Waals surface area contributed by atoms with Crippen LogP contribution in [0.4, 0.5) is 4.79 Å². The Balaban J connectivity index is 1.74. The summed E-state index contributed by atoms with van der Waals surface area (Å²) in [6.07, 6.45) is 8.23. The number of aryl methyl sites for hydroxylation is 1. The SMILES string of the molecule is CC[C@@H](NC(=O)N1CCSC[C@H]1c1cnn(C)c1)c1ccncc1. The first-order valence-electron chi connectivity index (χ1n) is 8.22. The van der Waals surface area contributed by atoms with Gasteiger partial charge in [0.1, 0.15) is 0 Å². The van der Waals surface area contributed by atoms with E-state index in [0.717, 1.165) is 35.6 Å². The first-order valence-corrected chi connectivity index (χ1v) is 9.38. The number of nitrogens with one attached hydrogen (secondary N) is 1. The molecule has 24 heavy (non-hydrogen) atoms. The minimum atomic E-state index is -0.00665. The van der Waals surface area contributed by atoms with Crippen LogP contribution >= 0.6 is 11.8 Å². The van der Waals surface area contributed by atoms with Crippen molar-refractivity contribution < 1.29 is 4.79 Å². The molecule has 1 aliphatic heterocycles. The number of urea groups is 1. The maximum absolute atomic E-state index is 12.9. The number of carbonyl (C=O) groups excluding carboxylic acids is 1. The van der Waals surface area contributed by atoms with Gasteiger partial charge in [-0.15, -0.1) is 0 Å². The Hall–Kier alpha value is -2.02. The number of hydrogen-bond acceptors (Lipinski definition) is 4. The van der Waals surface area contributed by atoms with Gasteiger partial charge in [-0.3, -0.25) is 9.67 Å². The monoisotopic (exact) mass is 345 g/mol. The first kappa shape index (κ1) is 16.8. The molecular formula is C17H23N5OS. The molecule has 2 amide bonds. The minimum absolute atomic E-state index is 0.00429. The summed E-state index contributed by atoms with van der Waals surface area (Å²) in [7, 11) is 1.90. The number of carbonyl (C=O) groups is 1. The summed E-state index contributed by atoms with van der Waals surface area (Å²) in [5.41, 5.74) is 2.18. The molecule has 0 radical (unpaired) electrons. The van der Waals surface area contributed by atoms with Crippen LogP contribution in [0.1, 0.15) is 36.6 Å². The summed E-state index contributed by atoms with van der Waals surface area (Å²) in [5.74, 6) is 1.88. The topological polar surface area (TPSA) is 63.1 Å². The Kier molecular flexibility index (Phi) is 5.40. The molecule has 0 bridgehead atoms. The molecular weight excluding hydrogens is 322 g/mol. The number of aromatic nitrogens is 3. The van der Waals surface area contributed by atoms with Gasteiger partial charge in [0.25, 0.3) is 0 Å². The second kappa shape index (κ2) is 7.70. The largest absolute Gasteiger partial charge is 0.331 e. The van der Waals surface area contributed by atoms with Gasteiger partial charge >= 0.3 is 6.03 Å². The molecule has 0 spiro atoms. The molecule has 6 nitrogen and oxygen atoms in total. The van der Waals surface area contributed by atoms with Crippen molar-refractivity contribution in [2.24, 2.45) is 7.05 Å². The molecule has 2 atom stereocenters. The number of pyridine rings is 1. The molecule has 0 unspecified atom stereocenters. The Morgan fingerprint density at radius 2 is 2.25 bits per heavy atom. The summed E-state index contributed by atoms with van der Waals surface area (Å²) in [6.45, 7) is 2.83. The van der Waals surface area contributed by atoms with Crippen LogP contribution in [0.3, 0.4) is 0 Å². The fraction of sp³-hybridized carbons (Fsp3) is 0.471. The van der Waals surface area contributed by atoms with Crippen LogP contribution in [-0.2, 0) is 7.05 Å². The molecule has 1 N–H and O–H groups in total.